The van der Waals surface area contributed by atoms with Gasteiger partial charge in [0.2, 0.25) is 0 Å². The van der Waals surface area contributed by atoms with Gasteiger partial charge in [-0.2, -0.15) is 0 Å². The molecule has 0 aliphatic heterocycles. The van der Waals surface area contributed by atoms with Gasteiger partial charge in [-0.3, -0.25) is 0 Å². The normalized spacial score (nSPS) is 11.6. The predicted octanol–water partition coefficient (Wildman–Crippen LogP) is 7.48. The van der Waals surface area contributed by atoms with Crippen LogP contribution in [0.1, 0.15) is 25.0 Å². The minimum Gasteiger partial charge on any atom is -0.490 e. The maximum atomic E-state index is 13.6. The molecular formula is C30H29FO3. The first-order valence-corrected chi connectivity index (χ1v) is 11.6. The molecule has 0 aromatic heterocycles. The van der Waals surface area contributed by atoms with E-state index in [0.717, 1.165) is 40.2 Å². The van der Waals surface area contributed by atoms with E-state index in [2.05, 4.69) is 6.92 Å². The third-order valence-electron chi connectivity index (χ3n) is 5.47. The van der Waals surface area contributed by atoms with E-state index >= 15 is 0 Å². The van der Waals surface area contributed by atoms with Crippen LogP contribution in [0.3, 0.4) is 0 Å². The summed E-state index contributed by atoms with van der Waals surface area (Å²) in [5.41, 5.74) is 4.01. The van der Waals surface area contributed by atoms with E-state index in [1.165, 1.54) is 12.1 Å². The van der Waals surface area contributed by atoms with E-state index in [4.69, 9.17) is 14.2 Å². The predicted molar refractivity (Wildman–Crippen MR) is 134 cm³/mol. The van der Waals surface area contributed by atoms with Gasteiger partial charge in [-0.1, -0.05) is 67.6 Å². The van der Waals surface area contributed by atoms with Gasteiger partial charge in [-0.25, -0.2) is 4.39 Å². The molecule has 0 spiro atoms. The third kappa shape index (κ3) is 6.16. The summed E-state index contributed by atoms with van der Waals surface area (Å²) in [5.74, 6) is 1.97. The quantitative estimate of drug-likeness (QED) is 0.248. The summed E-state index contributed by atoms with van der Waals surface area (Å²) in [6.07, 6.45) is 0.615. The topological polar surface area (TPSA) is 27.7 Å². The van der Waals surface area contributed by atoms with Crippen LogP contribution in [-0.4, -0.2) is 12.7 Å². The molecule has 0 saturated carbocycles. The van der Waals surface area contributed by atoms with Crippen molar-refractivity contribution in [3.63, 3.8) is 0 Å². The van der Waals surface area contributed by atoms with Gasteiger partial charge in [-0.05, 0) is 60.4 Å². The summed E-state index contributed by atoms with van der Waals surface area (Å²) in [5, 5.41) is 0. The van der Waals surface area contributed by atoms with Crippen molar-refractivity contribution in [2.24, 2.45) is 0 Å². The van der Waals surface area contributed by atoms with E-state index in [1.54, 1.807) is 12.1 Å². The Bertz CT molecular complexity index is 1180. The molecule has 0 fully saturated rings. The lowest BCUT2D eigenvalue weighted by molar-refractivity contribution is 0.142. The second-order valence-corrected chi connectivity index (χ2v) is 8.14. The van der Waals surface area contributed by atoms with Gasteiger partial charge < -0.3 is 14.2 Å². The molecule has 4 aromatic rings. The molecule has 0 N–H and O–H groups in total. The Morgan fingerprint density at radius 1 is 0.765 bits per heavy atom. The fourth-order valence-electron chi connectivity index (χ4n) is 3.78. The van der Waals surface area contributed by atoms with Gasteiger partial charge in [0.05, 0.1) is 0 Å². The fourth-order valence-corrected chi connectivity index (χ4v) is 3.78. The standard InChI is InChI=1S/C30H29FO3/c1-3-24-18-28(34-22(2)20-32-27-12-8-5-9-13-27)19-29(33-21-23-10-6-4-7-11-23)30(24)25-14-16-26(31)17-15-25/h4-19,22H,3,20-21H2,1-2H3. The molecule has 0 aliphatic carbocycles. The van der Waals surface area contributed by atoms with Crippen LogP contribution < -0.4 is 14.2 Å². The minimum absolute atomic E-state index is 0.163. The number of aryl methyl sites for hydroxylation is 1. The van der Waals surface area contributed by atoms with Crippen LogP contribution >= 0.6 is 0 Å². The molecule has 1 atom stereocenters. The van der Waals surface area contributed by atoms with Gasteiger partial charge in [0.1, 0.15) is 42.4 Å². The minimum atomic E-state index is -0.263. The second kappa shape index (κ2) is 11.4. The molecule has 174 valence electrons. The van der Waals surface area contributed by atoms with Crippen molar-refractivity contribution in [1.82, 2.24) is 0 Å². The zero-order valence-electron chi connectivity index (χ0n) is 19.5. The highest BCUT2D eigenvalue weighted by Crippen LogP contribution is 2.38. The Kier molecular flexibility index (Phi) is 7.82. The molecule has 1 unspecified atom stereocenters. The van der Waals surface area contributed by atoms with Crippen molar-refractivity contribution < 1.29 is 18.6 Å². The first-order valence-electron chi connectivity index (χ1n) is 11.6. The van der Waals surface area contributed by atoms with Crippen LogP contribution in [0.15, 0.2) is 97.1 Å². The number of benzene rings is 4. The van der Waals surface area contributed by atoms with Gasteiger partial charge in [0.15, 0.2) is 0 Å². The number of para-hydroxylation sites is 1. The van der Waals surface area contributed by atoms with E-state index in [1.807, 2.05) is 79.7 Å². The Morgan fingerprint density at radius 3 is 2.12 bits per heavy atom. The maximum absolute atomic E-state index is 13.6. The molecule has 4 heteroatoms. The van der Waals surface area contributed by atoms with E-state index in [-0.39, 0.29) is 11.9 Å². The molecule has 4 rings (SSSR count). The van der Waals surface area contributed by atoms with Crippen molar-refractivity contribution in [3.8, 4) is 28.4 Å². The molecule has 34 heavy (non-hydrogen) atoms. The highest BCUT2D eigenvalue weighted by atomic mass is 19.1. The smallest absolute Gasteiger partial charge is 0.131 e. The molecule has 0 radical (unpaired) electrons. The number of ether oxygens (including phenoxy) is 3. The van der Waals surface area contributed by atoms with Crippen LogP contribution in [0.4, 0.5) is 4.39 Å². The molecular weight excluding hydrogens is 427 g/mol. The van der Waals surface area contributed by atoms with Crippen molar-refractivity contribution in [1.29, 1.82) is 0 Å². The van der Waals surface area contributed by atoms with Crippen molar-refractivity contribution in [2.45, 2.75) is 33.0 Å². The second-order valence-electron chi connectivity index (χ2n) is 8.14. The van der Waals surface area contributed by atoms with Gasteiger partial charge in [0, 0.05) is 11.6 Å². The van der Waals surface area contributed by atoms with Crippen LogP contribution in [0.5, 0.6) is 17.2 Å². The zero-order chi connectivity index (χ0) is 23.8. The lowest BCUT2D eigenvalue weighted by Crippen LogP contribution is -2.21. The zero-order valence-corrected chi connectivity index (χ0v) is 19.5. The van der Waals surface area contributed by atoms with Crippen LogP contribution in [0.2, 0.25) is 0 Å². The number of rotatable bonds is 10. The Labute approximate surface area is 200 Å². The first kappa shape index (κ1) is 23.4. The van der Waals surface area contributed by atoms with Crippen LogP contribution in [0.25, 0.3) is 11.1 Å². The molecule has 4 aromatic carbocycles. The monoisotopic (exact) mass is 456 g/mol. The van der Waals surface area contributed by atoms with Crippen molar-refractivity contribution in [3.05, 3.63) is 114 Å². The third-order valence-corrected chi connectivity index (χ3v) is 5.47. The number of hydrogen-bond donors (Lipinski definition) is 0. The molecule has 0 amide bonds. The lowest BCUT2D eigenvalue weighted by Gasteiger charge is -2.20. The Balaban J connectivity index is 1.60. The largest absolute Gasteiger partial charge is 0.490 e. The number of halogens is 1. The summed E-state index contributed by atoms with van der Waals surface area (Å²) < 4.78 is 32.0. The first-order chi connectivity index (χ1) is 16.6. The van der Waals surface area contributed by atoms with Crippen molar-refractivity contribution in [2.75, 3.05) is 6.61 Å². The molecule has 3 nitrogen and oxygen atoms in total. The van der Waals surface area contributed by atoms with E-state index < -0.39 is 0 Å². The van der Waals surface area contributed by atoms with E-state index in [0.29, 0.717) is 19.0 Å². The van der Waals surface area contributed by atoms with Gasteiger partial charge in [0.25, 0.3) is 0 Å². The highest BCUT2D eigenvalue weighted by molar-refractivity contribution is 5.75. The maximum Gasteiger partial charge on any atom is 0.131 e. The molecule has 0 saturated heterocycles. The summed E-state index contributed by atoms with van der Waals surface area (Å²) in [6.45, 7) is 4.92. The number of hydrogen-bond acceptors (Lipinski definition) is 3. The SMILES string of the molecule is CCc1cc(OC(C)COc2ccccc2)cc(OCc2ccccc2)c1-c1ccc(F)cc1. The fraction of sp³-hybridized carbons (Fsp3) is 0.200. The highest BCUT2D eigenvalue weighted by Gasteiger charge is 2.16. The lowest BCUT2D eigenvalue weighted by atomic mass is 9.96. The van der Waals surface area contributed by atoms with Gasteiger partial charge in [-0.15, -0.1) is 0 Å². The molecule has 0 heterocycles. The van der Waals surface area contributed by atoms with Crippen molar-refractivity contribution >= 4 is 0 Å². The molecule has 0 aliphatic rings. The Hall–Kier alpha value is -3.79. The summed E-state index contributed by atoms with van der Waals surface area (Å²) >= 11 is 0. The summed E-state index contributed by atoms with van der Waals surface area (Å²) in [4.78, 5) is 0. The average Bonchev–Trinajstić information content (AvgIpc) is 2.88. The Morgan fingerprint density at radius 2 is 1.44 bits per heavy atom. The van der Waals surface area contributed by atoms with Crippen LogP contribution in [-0.2, 0) is 13.0 Å². The van der Waals surface area contributed by atoms with Crippen LogP contribution in [0, 0.1) is 5.82 Å². The summed E-state index contributed by atoms with van der Waals surface area (Å²) in [7, 11) is 0. The van der Waals surface area contributed by atoms with Gasteiger partial charge >= 0.3 is 0 Å². The molecule has 0 bridgehead atoms. The summed E-state index contributed by atoms with van der Waals surface area (Å²) in [6, 6.07) is 30.2. The van der Waals surface area contributed by atoms with E-state index in [9.17, 15) is 4.39 Å². The average molecular weight is 457 g/mol.